The number of rotatable bonds is 2. The molecule has 4 heteroatoms. The van der Waals surface area contributed by atoms with Gasteiger partial charge < -0.3 is 5.73 Å². The molecule has 3 nitrogen and oxygen atoms in total. The zero-order valence-corrected chi connectivity index (χ0v) is 13.5. The molecule has 20 heavy (non-hydrogen) atoms. The second-order valence-electron chi connectivity index (χ2n) is 5.70. The van der Waals surface area contributed by atoms with E-state index in [9.17, 15) is 0 Å². The van der Waals surface area contributed by atoms with Crippen molar-refractivity contribution in [3.63, 3.8) is 0 Å². The average Bonchev–Trinajstić information content (AvgIpc) is 2.68. The molecule has 0 saturated carbocycles. The minimum atomic E-state index is 0.127. The Morgan fingerprint density at radius 2 is 2.15 bits per heavy atom. The number of hydrogen-bond acceptors (Lipinski definition) is 2. The molecule has 1 aliphatic carbocycles. The van der Waals surface area contributed by atoms with Crippen molar-refractivity contribution in [1.82, 2.24) is 9.78 Å². The van der Waals surface area contributed by atoms with Crippen molar-refractivity contribution in [2.75, 3.05) is 0 Å². The first kappa shape index (κ1) is 13.8. The second kappa shape index (κ2) is 5.34. The number of nitrogens with two attached hydrogens (primary N) is 1. The zero-order valence-electron chi connectivity index (χ0n) is 11.9. The minimum absolute atomic E-state index is 0.127. The average molecular weight is 334 g/mol. The number of nitrogens with zero attached hydrogens (tertiary/aromatic N) is 2. The molecule has 2 N–H and O–H groups in total. The molecule has 2 aromatic rings. The van der Waals surface area contributed by atoms with E-state index in [1.807, 2.05) is 18.7 Å². The summed E-state index contributed by atoms with van der Waals surface area (Å²) in [7, 11) is 2.01. The standard InChI is InChI=1S/C16H20BrN3/c1-10-15(17)14(20(2)19-10)9-12-8-7-11-5-3-4-6-13(11)16(12)18/h3-6,12,16H,7-9,18H2,1-2H3. The molecule has 3 rings (SSSR count). The lowest BCUT2D eigenvalue weighted by Gasteiger charge is -2.31. The van der Waals surface area contributed by atoms with Gasteiger partial charge in [-0.25, -0.2) is 0 Å². The van der Waals surface area contributed by atoms with Crippen LogP contribution < -0.4 is 5.73 Å². The van der Waals surface area contributed by atoms with Gasteiger partial charge in [0.05, 0.1) is 15.9 Å². The fourth-order valence-corrected chi connectivity index (χ4v) is 3.74. The maximum absolute atomic E-state index is 6.50. The highest BCUT2D eigenvalue weighted by atomic mass is 79.9. The molecular formula is C16H20BrN3. The van der Waals surface area contributed by atoms with Crippen LogP contribution in [0.1, 0.15) is 35.0 Å². The number of aryl methyl sites for hydroxylation is 3. The third kappa shape index (κ3) is 2.31. The molecule has 0 fully saturated rings. The van der Waals surface area contributed by atoms with Gasteiger partial charge in [-0.2, -0.15) is 5.10 Å². The van der Waals surface area contributed by atoms with Crippen LogP contribution in [-0.4, -0.2) is 9.78 Å². The summed E-state index contributed by atoms with van der Waals surface area (Å²) < 4.78 is 3.11. The summed E-state index contributed by atoms with van der Waals surface area (Å²) in [4.78, 5) is 0. The molecular weight excluding hydrogens is 314 g/mol. The van der Waals surface area contributed by atoms with Crippen LogP contribution in [0.5, 0.6) is 0 Å². The van der Waals surface area contributed by atoms with Crippen LogP contribution >= 0.6 is 15.9 Å². The second-order valence-corrected chi connectivity index (χ2v) is 6.49. The lowest BCUT2D eigenvalue weighted by molar-refractivity contribution is 0.368. The normalized spacial score (nSPS) is 21.8. The molecule has 0 spiro atoms. The monoisotopic (exact) mass is 333 g/mol. The van der Waals surface area contributed by atoms with Crippen LogP contribution in [0.3, 0.4) is 0 Å². The van der Waals surface area contributed by atoms with E-state index in [0.29, 0.717) is 5.92 Å². The molecule has 1 aromatic carbocycles. The van der Waals surface area contributed by atoms with E-state index in [0.717, 1.165) is 29.4 Å². The summed E-state index contributed by atoms with van der Waals surface area (Å²) in [6, 6.07) is 8.70. The van der Waals surface area contributed by atoms with Gasteiger partial charge in [0.2, 0.25) is 0 Å². The quantitative estimate of drug-likeness (QED) is 0.916. The predicted octanol–water partition coefficient (Wildman–Crippen LogP) is 3.30. The Hall–Kier alpha value is -1.13. The van der Waals surface area contributed by atoms with E-state index >= 15 is 0 Å². The molecule has 2 atom stereocenters. The predicted molar refractivity (Wildman–Crippen MR) is 84.5 cm³/mol. The van der Waals surface area contributed by atoms with Crippen LogP contribution in [0.25, 0.3) is 0 Å². The number of aromatic nitrogens is 2. The van der Waals surface area contributed by atoms with Crippen molar-refractivity contribution in [1.29, 1.82) is 0 Å². The highest BCUT2D eigenvalue weighted by Gasteiger charge is 2.28. The van der Waals surface area contributed by atoms with Crippen molar-refractivity contribution in [3.8, 4) is 0 Å². The molecule has 1 heterocycles. The summed E-state index contributed by atoms with van der Waals surface area (Å²) in [6.07, 6.45) is 3.26. The Kier molecular flexibility index (Phi) is 3.69. The number of fused-ring (bicyclic) bond motifs is 1. The maximum Gasteiger partial charge on any atom is 0.0738 e. The van der Waals surface area contributed by atoms with Gasteiger partial charge in [0.25, 0.3) is 0 Å². The van der Waals surface area contributed by atoms with E-state index < -0.39 is 0 Å². The van der Waals surface area contributed by atoms with Crippen LogP contribution in [0.4, 0.5) is 0 Å². The highest BCUT2D eigenvalue weighted by Crippen LogP contribution is 2.36. The Bertz CT molecular complexity index is 633. The Morgan fingerprint density at radius 3 is 2.85 bits per heavy atom. The van der Waals surface area contributed by atoms with Gasteiger partial charge in [0.1, 0.15) is 0 Å². The molecule has 0 amide bonds. The summed E-state index contributed by atoms with van der Waals surface area (Å²) in [5, 5.41) is 4.47. The third-order valence-electron chi connectivity index (χ3n) is 4.42. The zero-order chi connectivity index (χ0) is 14.3. The fraction of sp³-hybridized carbons (Fsp3) is 0.438. The summed E-state index contributed by atoms with van der Waals surface area (Å²) in [5.74, 6) is 0.482. The molecule has 0 radical (unpaired) electrons. The van der Waals surface area contributed by atoms with Gasteiger partial charge in [-0.1, -0.05) is 24.3 Å². The highest BCUT2D eigenvalue weighted by molar-refractivity contribution is 9.10. The largest absolute Gasteiger partial charge is 0.324 e. The summed E-state index contributed by atoms with van der Waals surface area (Å²) >= 11 is 3.66. The molecule has 2 unspecified atom stereocenters. The van der Waals surface area contributed by atoms with Gasteiger partial charge in [0.15, 0.2) is 0 Å². The molecule has 1 aromatic heterocycles. The smallest absolute Gasteiger partial charge is 0.0738 e. The molecule has 1 aliphatic rings. The Labute approximate surface area is 128 Å². The van der Waals surface area contributed by atoms with Gasteiger partial charge in [-0.15, -0.1) is 0 Å². The Balaban J connectivity index is 1.86. The van der Waals surface area contributed by atoms with Crippen LogP contribution in [0.15, 0.2) is 28.7 Å². The number of halogens is 1. The summed E-state index contributed by atoms with van der Waals surface area (Å²) in [5.41, 5.74) is 11.5. The van der Waals surface area contributed by atoms with Crippen molar-refractivity contribution in [2.24, 2.45) is 18.7 Å². The van der Waals surface area contributed by atoms with Gasteiger partial charge in [-0.05, 0) is 59.2 Å². The lowest BCUT2D eigenvalue weighted by Crippen LogP contribution is -2.29. The third-order valence-corrected chi connectivity index (χ3v) is 5.46. The molecule has 0 aliphatic heterocycles. The van der Waals surface area contributed by atoms with E-state index in [1.165, 1.54) is 16.8 Å². The van der Waals surface area contributed by atoms with E-state index in [1.54, 1.807) is 0 Å². The lowest BCUT2D eigenvalue weighted by atomic mass is 9.78. The van der Waals surface area contributed by atoms with E-state index in [2.05, 4.69) is 45.3 Å². The topological polar surface area (TPSA) is 43.8 Å². The van der Waals surface area contributed by atoms with Crippen LogP contribution in [0, 0.1) is 12.8 Å². The van der Waals surface area contributed by atoms with Gasteiger partial charge in [-0.3, -0.25) is 4.68 Å². The molecule has 0 bridgehead atoms. The van der Waals surface area contributed by atoms with Crippen molar-refractivity contribution in [2.45, 2.75) is 32.2 Å². The van der Waals surface area contributed by atoms with Crippen molar-refractivity contribution in [3.05, 3.63) is 51.3 Å². The van der Waals surface area contributed by atoms with Crippen molar-refractivity contribution >= 4 is 15.9 Å². The van der Waals surface area contributed by atoms with Gasteiger partial charge >= 0.3 is 0 Å². The minimum Gasteiger partial charge on any atom is -0.324 e. The number of benzene rings is 1. The van der Waals surface area contributed by atoms with Crippen LogP contribution in [0.2, 0.25) is 0 Å². The SMILES string of the molecule is Cc1nn(C)c(CC2CCc3ccccc3C2N)c1Br. The van der Waals surface area contributed by atoms with E-state index in [4.69, 9.17) is 5.73 Å². The first-order valence-corrected chi connectivity index (χ1v) is 7.88. The maximum atomic E-state index is 6.50. The fourth-order valence-electron chi connectivity index (χ4n) is 3.24. The van der Waals surface area contributed by atoms with E-state index in [-0.39, 0.29) is 6.04 Å². The first-order valence-electron chi connectivity index (χ1n) is 7.09. The number of hydrogen-bond donors (Lipinski definition) is 1. The van der Waals surface area contributed by atoms with Crippen molar-refractivity contribution < 1.29 is 0 Å². The first-order chi connectivity index (χ1) is 9.58. The summed E-state index contributed by atoms with van der Waals surface area (Å²) in [6.45, 7) is 2.03. The molecule has 106 valence electrons. The van der Waals surface area contributed by atoms with Gasteiger partial charge in [0, 0.05) is 13.1 Å². The molecule has 0 saturated heterocycles. The Morgan fingerprint density at radius 1 is 1.40 bits per heavy atom. The van der Waals surface area contributed by atoms with Crippen LogP contribution in [-0.2, 0) is 19.9 Å².